The molecule has 0 bridgehead atoms. The summed E-state index contributed by atoms with van der Waals surface area (Å²) in [4.78, 5) is 30.1. The predicted molar refractivity (Wildman–Crippen MR) is 65.5 cm³/mol. The second-order valence-electron chi connectivity index (χ2n) is 3.72. The zero-order chi connectivity index (χ0) is 13.5. The normalized spacial score (nSPS) is 9.89. The molecule has 0 aliphatic heterocycles. The first kappa shape index (κ1) is 13.9. The van der Waals surface area contributed by atoms with Gasteiger partial charge in [-0.25, -0.2) is 9.97 Å². The maximum atomic E-state index is 11.7. The first-order chi connectivity index (χ1) is 8.52. The van der Waals surface area contributed by atoms with E-state index in [1.54, 1.807) is 20.0 Å². The lowest BCUT2D eigenvalue weighted by molar-refractivity contribution is -0.137. The summed E-state index contributed by atoms with van der Waals surface area (Å²) < 4.78 is 0. The molecular formula is C11H16N4O3. The molecule has 0 fully saturated rings. The molecule has 7 nitrogen and oxygen atoms in total. The largest absolute Gasteiger partial charge is 0.481 e. The number of nitrogens with zero attached hydrogens (tertiary/aromatic N) is 2. The summed E-state index contributed by atoms with van der Waals surface area (Å²) >= 11 is 0. The van der Waals surface area contributed by atoms with E-state index in [1.807, 2.05) is 0 Å². The Bertz CT molecular complexity index is 448. The maximum Gasteiger partial charge on any atom is 0.303 e. The van der Waals surface area contributed by atoms with Gasteiger partial charge in [-0.15, -0.1) is 0 Å². The Morgan fingerprint density at radius 3 is 2.72 bits per heavy atom. The lowest BCUT2D eigenvalue weighted by Gasteiger charge is -2.06. The zero-order valence-electron chi connectivity index (χ0n) is 10.4. The molecule has 0 aliphatic rings. The first-order valence-corrected chi connectivity index (χ1v) is 5.56. The number of anilines is 1. The maximum absolute atomic E-state index is 11.7. The lowest BCUT2D eigenvalue weighted by Crippen LogP contribution is -2.26. The fourth-order valence-corrected chi connectivity index (χ4v) is 1.33. The molecule has 0 aliphatic carbocycles. The minimum Gasteiger partial charge on any atom is -0.481 e. The Labute approximate surface area is 105 Å². The van der Waals surface area contributed by atoms with Gasteiger partial charge in [-0.05, 0) is 19.4 Å². The number of amides is 1. The number of aromatic nitrogens is 2. The molecule has 18 heavy (non-hydrogen) atoms. The van der Waals surface area contributed by atoms with Gasteiger partial charge in [0.1, 0.15) is 5.69 Å². The molecule has 0 saturated heterocycles. The van der Waals surface area contributed by atoms with Crippen LogP contribution in [-0.4, -0.2) is 40.5 Å². The molecule has 0 unspecified atom stereocenters. The number of nitrogens with one attached hydrogen (secondary N) is 2. The first-order valence-electron chi connectivity index (χ1n) is 5.56. The third kappa shape index (κ3) is 4.36. The Morgan fingerprint density at radius 2 is 2.11 bits per heavy atom. The Hall–Kier alpha value is -2.18. The van der Waals surface area contributed by atoms with Crippen molar-refractivity contribution in [2.45, 2.75) is 19.8 Å². The van der Waals surface area contributed by atoms with Crippen LogP contribution in [0.3, 0.4) is 0 Å². The van der Waals surface area contributed by atoms with Gasteiger partial charge in [0, 0.05) is 25.7 Å². The van der Waals surface area contributed by atoms with Crippen LogP contribution in [0.5, 0.6) is 0 Å². The van der Waals surface area contributed by atoms with Crippen molar-refractivity contribution in [3.8, 4) is 0 Å². The average molecular weight is 252 g/mol. The van der Waals surface area contributed by atoms with Crippen LogP contribution in [0.15, 0.2) is 6.07 Å². The molecule has 3 N–H and O–H groups in total. The number of rotatable bonds is 6. The van der Waals surface area contributed by atoms with Crippen molar-refractivity contribution in [1.29, 1.82) is 0 Å². The quantitative estimate of drug-likeness (QED) is 0.634. The van der Waals surface area contributed by atoms with Crippen molar-refractivity contribution in [3.63, 3.8) is 0 Å². The van der Waals surface area contributed by atoms with E-state index in [0.29, 0.717) is 24.6 Å². The van der Waals surface area contributed by atoms with E-state index < -0.39 is 5.97 Å². The minimum atomic E-state index is -0.875. The molecule has 1 aromatic rings. The molecule has 1 rings (SSSR count). The highest BCUT2D eigenvalue weighted by Gasteiger charge is 2.09. The average Bonchev–Trinajstić information content (AvgIpc) is 2.33. The van der Waals surface area contributed by atoms with E-state index in [4.69, 9.17) is 5.11 Å². The van der Waals surface area contributed by atoms with Gasteiger partial charge in [0.25, 0.3) is 5.91 Å². The smallest absolute Gasteiger partial charge is 0.303 e. The molecule has 1 aromatic heterocycles. The van der Waals surface area contributed by atoms with Crippen LogP contribution in [0.2, 0.25) is 0 Å². The Balaban J connectivity index is 2.55. The number of carboxylic acids is 1. The van der Waals surface area contributed by atoms with Gasteiger partial charge in [-0.2, -0.15) is 0 Å². The summed E-state index contributed by atoms with van der Waals surface area (Å²) in [5.41, 5.74) is 0.951. The van der Waals surface area contributed by atoms with Crippen LogP contribution in [0.25, 0.3) is 0 Å². The fraction of sp³-hybridized carbons (Fsp3) is 0.455. The fourth-order valence-electron chi connectivity index (χ4n) is 1.33. The third-order valence-corrected chi connectivity index (χ3v) is 2.16. The lowest BCUT2D eigenvalue weighted by atomic mass is 10.3. The van der Waals surface area contributed by atoms with Gasteiger partial charge < -0.3 is 15.7 Å². The summed E-state index contributed by atoms with van der Waals surface area (Å²) in [6.45, 7) is 2.08. The van der Waals surface area contributed by atoms with Crippen LogP contribution in [0.1, 0.15) is 29.0 Å². The number of hydrogen-bond donors (Lipinski definition) is 3. The van der Waals surface area contributed by atoms with E-state index in [-0.39, 0.29) is 18.0 Å². The van der Waals surface area contributed by atoms with Gasteiger partial charge in [0.05, 0.1) is 0 Å². The molecule has 0 spiro atoms. The summed E-state index contributed by atoms with van der Waals surface area (Å²) in [5.74, 6) is -0.826. The highest BCUT2D eigenvalue weighted by Crippen LogP contribution is 2.04. The SMILES string of the molecule is CNc1nc(C)cc(C(=O)NCCCC(=O)O)n1. The number of aliphatic carboxylic acids is 1. The van der Waals surface area contributed by atoms with E-state index in [0.717, 1.165) is 0 Å². The van der Waals surface area contributed by atoms with E-state index in [9.17, 15) is 9.59 Å². The molecule has 7 heteroatoms. The van der Waals surface area contributed by atoms with Crippen molar-refractivity contribution in [1.82, 2.24) is 15.3 Å². The number of carbonyl (C=O) groups excluding carboxylic acids is 1. The van der Waals surface area contributed by atoms with Crippen molar-refractivity contribution < 1.29 is 14.7 Å². The van der Waals surface area contributed by atoms with Crippen LogP contribution in [-0.2, 0) is 4.79 Å². The Kier molecular flexibility index (Phi) is 5.04. The van der Waals surface area contributed by atoms with E-state index in [1.165, 1.54) is 0 Å². The van der Waals surface area contributed by atoms with Gasteiger partial charge >= 0.3 is 5.97 Å². The van der Waals surface area contributed by atoms with Crippen molar-refractivity contribution in [2.75, 3.05) is 18.9 Å². The molecular weight excluding hydrogens is 236 g/mol. The van der Waals surface area contributed by atoms with Gasteiger partial charge in [0.15, 0.2) is 0 Å². The van der Waals surface area contributed by atoms with E-state index >= 15 is 0 Å². The molecule has 1 amide bonds. The molecule has 0 atom stereocenters. The summed E-state index contributed by atoms with van der Waals surface area (Å²) in [6.07, 6.45) is 0.425. The van der Waals surface area contributed by atoms with Crippen molar-refractivity contribution >= 4 is 17.8 Å². The molecule has 1 heterocycles. The predicted octanol–water partition coefficient (Wildman–Crippen LogP) is 0.421. The van der Waals surface area contributed by atoms with Crippen LogP contribution in [0.4, 0.5) is 5.95 Å². The molecule has 98 valence electrons. The van der Waals surface area contributed by atoms with Crippen LogP contribution >= 0.6 is 0 Å². The number of aryl methyl sites for hydroxylation is 1. The summed E-state index contributed by atoms with van der Waals surface area (Å²) in [5, 5.41) is 13.8. The zero-order valence-corrected chi connectivity index (χ0v) is 10.4. The van der Waals surface area contributed by atoms with Crippen LogP contribution in [0, 0.1) is 6.92 Å². The summed E-state index contributed by atoms with van der Waals surface area (Å²) in [6, 6.07) is 1.58. The molecule has 0 saturated carbocycles. The number of carbonyl (C=O) groups is 2. The van der Waals surface area contributed by atoms with Crippen LogP contribution < -0.4 is 10.6 Å². The van der Waals surface area contributed by atoms with Gasteiger partial charge in [0.2, 0.25) is 5.95 Å². The minimum absolute atomic E-state index is 0.0326. The molecule has 0 aromatic carbocycles. The second-order valence-corrected chi connectivity index (χ2v) is 3.72. The van der Waals surface area contributed by atoms with Gasteiger partial charge in [-0.1, -0.05) is 0 Å². The highest BCUT2D eigenvalue weighted by molar-refractivity contribution is 5.92. The Morgan fingerprint density at radius 1 is 1.39 bits per heavy atom. The standard InChI is InChI=1S/C11H16N4O3/c1-7-6-8(15-11(12-2)14-7)10(18)13-5-3-4-9(16)17/h6H,3-5H2,1-2H3,(H,13,18)(H,16,17)(H,12,14,15). The monoisotopic (exact) mass is 252 g/mol. The number of carboxylic acid groups (broad SMARTS) is 1. The highest BCUT2D eigenvalue weighted by atomic mass is 16.4. The van der Waals surface area contributed by atoms with Crippen molar-refractivity contribution in [3.05, 3.63) is 17.5 Å². The third-order valence-electron chi connectivity index (χ3n) is 2.16. The number of hydrogen-bond acceptors (Lipinski definition) is 5. The topological polar surface area (TPSA) is 104 Å². The van der Waals surface area contributed by atoms with E-state index in [2.05, 4.69) is 20.6 Å². The summed E-state index contributed by atoms with van der Waals surface area (Å²) in [7, 11) is 1.67. The van der Waals surface area contributed by atoms with Crippen molar-refractivity contribution in [2.24, 2.45) is 0 Å². The second kappa shape index (κ2) is 6.53. The molecule has 0 radical (unpaired) electrons. The van der Waals surface area contributed by atoms with Gasteiger partial charge in [-0.3, -0.25) is 9.59 Å².